The van der Waals surface area contributed by atoms with E-state index < -0.39 is 35.9 Å². The molecule has 0 saturated heterocycles. The number of carboxylic acids is 1. The molecule has 0 spiro atoms. The van der Waals surface area contributed by atoms with Crippen LogP contribution in [-0.2, 0) is 11.2 Å². The van der Waals surface area contributed by atoms with Crippen molar-refractivity contribution in [2.45, 2.75) is 12.8 Å². The van der Waals surface area contributed by atoms with Gasteiger partial charge in [0.25, 0.3) is 6.43 Å². The Bertz CT molecular complexity index is 398. The first-order valence-electron chi connectivity index (χ1n) is 3.76. The smallest absolute Gasteiger partial charge is 0.308 e. The van der Waals surface area contributed by atoms with Gasteiger partial charge in [0.05, 0.1) is 6.42 Å². The number of carbonyl (C=O) groups is 1. The lowest BCUT2D eigenvalue weighted by Crippen LogP contribution is -2.09. The minimum Gasteiger partial charge on any atom is -0.481 e. The van der Waals surface area contributed by atoms with E-state index in [0.717, 1.165) is 6.07 Å². The molecule has 0 saturated carbocycles. The topological polar surface area (TPSA) is 50.2 Å². The predicted octanol–water partition coefficient (Wildman–Crippen LogP) is 2.55. The molecule has 0 aliphatic rings. The molecule has 0 bridgehead atoms. The summed E-state index contributed by atoms with van der Waals surface area (Å²) in [5, 5.41) is 8.42. The van der Waals surface area contributed by atoms with E-state index in [0.29, 0.717) is 0 Å². The number of pyridine rings is 1. The second-order valence-electron chi connectivity index (χ2n) is 2.66. The van der Waals surface area contributed by atoms with Crippen molar-refractivity contribution >= 4 is 21.9 Å². The van der Waals surface area contributed by atoms with E-state index in [1.54, 1.807) is 0 Å². The van der Waals surface area contributed by atoms with Gasteiger partial charge in [-0.1, -0.05) is 0 Å². The molecule has 7 heteroatoms. The first kappa shape index (κ1) is 12.0. The van der Waals surface area contributed by atoms with E-state index in [9.17, 15) is 18.0 Å². The Kier molecular flexibility index (Phi) is 3.67. The van der Waals surface area contributed by atoms with Crippen LogP contribution >= 0.6 is 15.9 Å². The highest BCUT2D eigenvalue weighted by Gasteiger charge is 2.21. The van der Waals surface area contributed by atoms with Crippen LogP contribution in [0.5, 0.6) is 0 Å². The summed E-state index contributed by atoms with van der Waals surface area (Å²) in [5.41, 5.74) is -1.43. The molecule has 1 heterocycles. The maximum Gasteiger partial charge on any atom is 0.308 e. The second kappa shape index (κ2) is 4.61. The van der Waals surface area contributed by atoms with Crippen LogP contribution in [0.2, 0.25) is 0 Å². The molecule has 0 unspecified atom stereocenters. The lowest BCUT2D eigenvalue weighted by atomic mass is 10.1. The summed E-state index contributed by atoms with van der Waals surface area (Å²) in [7, 11) is 0. The molecule has 0 aliphatic heterocycles. The van der Waals surface area contributed by atoms with Gasteiger partial charge in [-0.3, -0.25) is 4.79 Å². The van der Waals surface area contributed by atoms with Crippen LogP contribution in [0.1, 0.15) is 17.7 Å². The van der Waals surface area contributed by atoms with Gasteiger partial charge in [-0.05, 0) is 15.9 Å². The highest BCUT2D eigenvalue weighted by Crippen LogP contribution is 2.25. The van der Waals surface area contributed by atoms with E-state index >= 15 is 0 Å². The van der Waals surface area contributed by atoms with Crippen LogP contribution in [0.25, 0.3) is 0 Å². The Morgan fingerprint density at radius 3 is 2.67 bits per heavy atom. The Morgan fingerprint density at radius 1 is 1.60 bits per heavy atom. The molecule has 1 aromatic rings. The van der Waals surface area contributed by atoms with Crippen molar-refractivity contribution in [3.8, 4) is 0 Å². The van der Waals surface area contributed by atoms with Gasteiger partial charge in [0, 0.05) is 11.6 Å². The van der Waals surface area contributed by atoms with Gasteiger partial charge in [0.15, 0.2) is 0 Å². The van der Waals surface area contributed by atoms with E-state index in [2.05, 4.69) is 20.9 Å². The Balaban J connectivity index is 3.26. The molecule has 1 rings (SSSR count). The van der Waals surface area contributed by atoms with Crippen molar-refractivity contribution in [1.29, 1.82) is 0 Å². The molecular weight excluding hydrogens is 279 g/mol. The first-order chi connectivity index (χ1) is 6.91. The van der Waals surface area contributed by atoms with Crippen LogP contribution in [-0.4, -0.2) is 16.1 Å². The molecule has 1 aromatic heterocycles. The molecule has 0 aromatic carbocycles. The predicted molar refractivity (Wildman–Crippen MR) is 48.2 cm³/mol. The summed E-state index contributed by atoms with van der Waals surface area (Å²) >= 11 is 2.75. The zero-order valence-electron chi connectivity index (χ0n) is 7.18. The third kappa shape index (κ3) is 2.92. The highest BCUT2D eigenvalue weighted by molar-refractivity contribution is 9.10. The Hall–Kier alpha value is -1.11. The van der Waals surface area contributed by atoms with Crippen LogP contribution in [0.4, 0.5) is 13.2 Å². The van der Waals surface area contributed by atoms with Crippen molar-refractivity contribution in [1.82, 2.24) is 4.98 Å². The molecule has 1 N–H and O–H groups in total. The maximum absolute atomic E-state index is 13.2. The van der Waals surface area contributed by atoms with Crippen LogP contribution in [0.15, 0.2) is 10.7 Å². The zero-order chi connectivity index (χ0) is 11.6. The number of hydrogen-bond acceptors (Lipinski definition) is 2. The summed E-state index contributed by atoms with van der Waals surface area (Å²) in [6.45, 7) is 0. The first-order valence-corrected chi connectivity index (χ1v) is 4.56. The monoisotopic (exact) mass is 283 g/mol. The second-order valence-corrected chi connectivity index (χ2v) is 3.47. The molecule has 82 valence electrons. The van der Waals surface area contributed by atoms with Gasteiger partial charge >= 0.3 is 5.97 Å². The summed E-state index contributed by atoms with van der Waals surface area (Å²) in [6.07, 6.45) is -3.82. The van der Waals surface area contributed by atoms with Gasteiger partial charge in [-0.15, -0.1) is 0 Å². The Labute approximate surface area is 91.1 Å². The molecule has 0 atom stereocenters. The third-order valence-electron chi connectivity index (χ3n) is 1.61. The van der Waals surface area contributed by atoms with E-state index in [4.69, 9.17) is 5.11 Å². The normalized spacial score (nSPS) is 10.7. The standard InChI is InChI=1S/C8H5BrF3NO2/c9-5-2-4(10)3(1-6(14)15)7(13-5)8(11)12/h2,8H,1H2,(H,14,15). The average Bonchev–Trinajstić information content (AvgIpc) is 2.08. The molecule has 0 aliphatic carbocycles. The van der Waals surface area contributed by atoms with Gasteiger partial charge in [-0.2, -0.15) is 0 Å². The average molecular weight is 284 g/mol. The maximum atomic E-state index is 13.2. The number of hydrogen-bond donors (Lipinski definition) is 1. The molecule has 3 nitrogen and oxygen atoms in total. The SMILES string of the molecule is O=C(O)Cc1c(F)cc(Br)nc1C(F)F. The van der Waals surface area contributed by atoms with Crippen LogP contribution in [0, 0.1) is 5.82 Å². The van der Waals surface area contributed by atoms with Crippen molar-refractivity contribution in [2.24, 2.45) is 0 Å². The van der Waals surface area contributed by atoms with E-state index in [1.165, 1.54) is 0 Å². The van der Waals surface area contributed by atoms with Crippen molar-refractivity contribution in [2.75, 3.05) is 0 Å². The fraction of sp³-hybridized carbons (Fsp3) is 0.250. The minimum atomic E-state index is -3.01. The number of carboxylic acid groups (broad SMARTS) is 1. The molecule has 0 fully saturated rings. The molecular formula is C8H5BrF3NO2. The number of alkyl halides is 2. The molecule has 15 heavy (non-hydrogen) atoms. The van der Waals surface area contributed by atoms with Gasteiger partial charge in [0.1, 0.15) is 16.1 Å². The fourth-order valence-electron chi connectivity index (χ4n) is 1.04. The van der Waals surface area contributed by atoms with Gasteiger partial charge < -0.3 is 5.11 Å². The molecule has 0 radical (unpaired) electrons. The van der Waals surface area contributed by atoms with Gasteiger partial charge in [0.2, 0.25) is 0 Å². The number of rotatable bonds is 3. The highest BCUT2D eigenvalue weighted by atomic mass is 79.9. The number of halogens is 4. The number of aliphatic carboxylic acids is 1. The largest absolute Gasteiger partial charge is 0.481 e. The quantitative estimate of drug-likeness (QED) is 0.868. The van der Waals surface area contributed by atoms with E-state index in [1.807, 2.05) is 0 Å². The van der Waals surface area contributed by atoms with Crippen LogP contribution in [0.3, 0.4) is 0 Å². The summed E-state index contributed by atoms with van der Waals surface area (Å²) in [5.74, 6) is -2.39. The van der Waals surface area contributed by atoms with Crippen molar-refractivity contribution in [3.63, 3.8) is 0 Å². The van der Waals surface area contributed by atoms with Crippen molar-refractivity contribution < 1.29 is 23.1 Å². The van der Waals surface area contributed by atoms with E-state index in [-0.39, 0.29) is 4.60 Å². The third-order valence-corrected chi connectivity index (χ3v) is 2.01. The Morgan fingerprint density at radius 2 is 2.20 bits per heavy atom. The minimum absolute atomic E-state index is 0.0931. The van der Waals surface area contributed by atoms with Crippen LogP contribution < -0.4 is 0 Å². The number of nitrogens with zero attached hydrogens (tertiary/aromatic N) is 1. The van der Waals surface area contributed by atoms with Crippen molar-refractivity contribution in [3.05, 3.63) is 27.7 Å². The summed E-state index contributed by atoms with van der Waals surface area (Å²) in [6, 6.07) is 0.851. The summed E-state index contributed by atoms with van der Waals surface area (Å²) in [4.78, 5) is 13.7. The van der Waals surface area contributed by atoms with Gasteiger partial charge in [-0.25, -0.2) is 18.2 Å². The fourth-order valence-corrected chi connectivity index (χ4v) is 1.43. The lowest BCUT2D eigenvalue weighted by molar-refractivity contribution is -0.136. The lowest BCUT2D eigenvalue weighted by Gasteiger charge is -2.07. The zero-order valence-corrected chi connectivity index (χ0v) is 8.76. The summed E-state index contributed by atoms with van der Waals surface area (Å²) < 4.78 is 37.9. The molecule has 0 amide bonds. The number of aromatic nitrogens is 1.